The van der Waals surface area contributed by atoms with Crippen LogP contribution in [0.15, 0.2) is 12.1 Å². The third-order valence-electron chi connectivity index (χ3n) is 3.64. The number of hydrogen-bond acceptors (Lipinski definition) is 5. The van der Waals surface area contributed by atoms with Crippen molar-refractivity contribution in [2.45, 2.75) is 20.4 Å². The number of carboxylic acids is 1. The Morgan fingerprint density at radius 2 is 1.78 bits per heavy atom. The minimum atomic E-state index is -0.943. The Bertz CT molecular complexity index is 737. The van der Waals surface area contributed by atoms with Gasteiger partial charge in [0.05, 0.1) is 27.0 Å². The zero-order valence-electron chi connectivity index (χ0n) is 13.8. The van der Waals surface area contributed by atoms with Crippen molar-refractivity contribution in [1.82, 2.24) is 9.78 Å². The summed E-state index contributed by atoms with van der Waals surface area (Å²) >= 11 is 0. The monoisotopic (exact) mass is 320 g/mol. The average molecular weight is 320 g/mol. The highest BCUT2D eigenvalue weighted by atomic mass is 16.5. The van der Waals surface area contributed by atoms with Crippen LogP contribution in [0.25, 0.3) is 11.1 Å². The number of ether oxygens (including phenoxy) is 3. The first-order valence-electron chi connectivity index (χ1n) is 6.99. The van der Waals surface area contributed by atoms with Crippen LogP contribution in [0.3, 0.4) is 0 Å². The first kappa shape index (κ1) is 16.7. The van der Waals surface area contributed by atoms with Crippen molar-refractivity contribution in [1.29, 1.82) is 0 Å². The molecule has 1 heterocycles. The second-order valence-corrected chi connectivity index (χ2v) is 4.98. The van der Waals surface area contributed by atoms with Crippen molar-refractivity contribution in [3.8, 4) is 28.4 Å². The number of nitrogens with zero attached hydrogens (tertiary/aromatic N) is 2. The lowest BCUT2D eigenvalue weighted by atomic mass is 10.0. The maximum Gasteiger partial charge on any atom is 0.325 e. The van der Waals surface area contributed by atoms with Crippen LogP contribution in [-0.4, -0.2) is 42.2 Å². The highest BCUT2D eigenvalue weighted by Crippen LogP contribution is 2.45. The van der Waals surface area contributed by atoms with E-state index in [-0.39, 0.29) is 6.54 Å². The van der Waals surface area contributed by atoms with Gasteiger partial charge in [0, 0.05) is 16.8 Å². The fraction of sp³-hybridized carbons (Fsp3) is 0.375. The molecule has 0 aliphatic rings. The number of carboxylic acid groups (broad SMARTS) is 1. The molecule has 1 aromatic heterocycles. The van der Waals surface area contributed by atoms with E-state index in [9.17, 15) is 4.79 Å². The summed E-state index contributed by atoms with van der Waals surface area (Å²) in [5.74, 6) is 0.618. The molecule has 0 fully saturated rings. The zero-order valence-corrected chi connectivity index (χ0v) is 13.8. The van der Waals surface area contributed by atoms with Crippen LogP contribution in [0.2, 0.25) is 0 Å². The molecule has 0 amide bonds. The molecule has 0 spiro atoms. The lowest BCUT2D eigenvalue weighted by molar-refractivity contribution is -0.137. The van der Waals surface area contributed by atoms with Crippen LogP contribution < -0.4 is 14.2 Å². The van der Waals surface area contributed by atoms with Gasteiger partial charge in [-0.25, -0.2) is 0 Å². The number of hydrogen-bond donors (Lipinski definition) is 1. The van der Waals surface area contributed by atoms with Crippen molar-refractivity contribution in [3.63, 3.8) is 0 Å². The number of carbonyl (C=O) groups is 1. The Morgan fingerprint density at radius 1 is 1.13 bits per heavy atom. The first-order valence-corrected chi connectivity index (χ1v) is 6.99. The summed E-state index contributed by atoms with van der Waals surface area (Å²) < 4.78 is 17.7. The van der Waals surface area contributed by atoms with Gasteiger partial charge in [-0.1, -0.05) is 0 Å². The van der Waals surface area contributed by atoms with Crippen LogP contribution in [-0.2, 0) is 11.3 Å². The molecule has 2 rings (SSSR count). The largest absolute Gasteiger partial charge is 0.493 e. The molecule has 0 atom stereocenters. The van der Waals surface area contributed by atoms with Gasteiger partial charge in [0.25, 0.3) is 0 Å². The predicted octanol–water partition coefficient (Wildman–Crippen LogP) is 2.28. The summed E-state index contributed by atoms with van der Waals surface area (Å²) in [6.07, 6.45) is 0. The van der Waals surface area contributed by atoms with E-state index in [1.165, 1.54) is 11.8 Å². The normalized spacial score (nSPS) is 10.5. The number of rotatable bonds is 6. The van der Waals surface area contributed by atoms with Gasteiger partial charge in [-0.15, -0.1) is 0 Å². The molecular weight excluding hydrogens is 300 g/mol. The van der Waals surface area contributed by atoms with E-state index >= 15 is 0 Å². The molecule has 1 N–H and O–H groups in total. The minimum Gasteiger partial charge on any atom is -0.493 e. The topological polar surface area (TPSA) is 82.8 Å². The van der Waals surface area contributed by atoms with Crippen molar-refractivity contribution in [2.75, 3.05) is 21.3 Å². The quantitative estimate of drug-likeness (QED) is 0.879. The van der Waals surface area contributed by atoms with Crippen LogP contribution in [0, 0.1) is 13.8 Å². The highest BCUT2D eigenvalue weighted by molar-refractivity contribution is 5.79. The second-order valence-electron chi connectivity index (χ2n) is 4.98. The first-order chi connectivity index (χ1) is 10.9. The lowest BCUT2D eigenvalue weighted by Crippen LogP contribution is -2.11. The van der Waals surface area contributed by atoms with Gasteiger partial charge in [0.15, 0.2) is 11.5 Å². The maximum atomic E-state index is 11.0. The van der Waals surface area contributed by atoms with E-state index in [0.717, 1.165) is 16.8 Å². The summed E-state index contributed by atoms with van der Waals surface area (Å²) in [4.78, 5) is 11.0. The van der Waals surface area contributed by atoms with E-state index in [1.807, 2.05) is 19.9 Å². The lowest BCUT2D eigenvalue weighted by Gasteiger charge is -2.16. The number of benzene rings is 1. The molecule has 7 nitrogen and oxygen atoms in total. The minimum absolute atomic E-state index is 0.192. The molecule has 0 aliphatic carbocycles. The SMILES string of the molecule is COc1ccc(-c2c(C)nn(CC(=O)O)c2C)c(OC)c1OC. The van der Waals surface area contributed by atoms with Crippen LogP contribution in [0.5, 0.6) is 17.2 Å². The summed E-state index contributed by atoms with van der Waals surface area (Å²) in [7, 11) is 4.64. The molecule has 0 aliphatic heterocycles. The van der Waals surface area contributed by atoms with Crippen LogP contribution in [0.4, 0.5) is 0 Å². The molecular formula is C16H20N2O5. The molecule has 0 radical (unpaired) electrons. The van der Waals surface area contributed by atoms with Crippen molar-refractivity contribution < 1.29 is 24.1 Å². The third-order valence-corrected chi connectivity index (χ3v) is 3.64. The molecule has 124 valence electrons. The second kappa shape index (κ2) is 6.60. The maximum absolute atomic E-state index is 11.0. The standard InChI is InChI=1S/C16H20N2O5/c1-9-14(10(2)18(17-9)8-13(19)20)11-6-7-12(21-3)16(23-5)15(11)22-4/h6-7H,8H2,1-5H3,(H,19,20). The fourth-order valence-electron chi connectivity index (χ4n) is 2.67. The Balaban J connectivity index is 2.67. The van der Waals surface area contributed by atoms with E-state index in [1.54, 1.807) is 20.3 Å². The fourth-order valence-corrected chi connectivity index (χ4v) is 2.67. The van der Waals surface area contributed by atoms with E-state index in [2.05, 4.69) is 5.10 Å². The molecule has 0 saturated carbocycles. The van der Waals surface area contributed by atoms with Gasteiger partial charge >= 0.3 is 5.97 Å². The molecule has 23 heavy (non-hydrogen) atoms. The molecule has 1 aromatic carbocycles. The summed E-state index contributed by atoms with van der Waals surface area (Å²) in [6.45, 7) is 3.47. The molecule has 0 unspecified atom stereocenters. The van der Waals surface area contributed by atoms with Gasteiger partial charge < -0.3 is 19.3 Å². The summed E-state index contributed by atoms with van der Waals surface area (Å²) in [5, 5.41) is 13.3. The number of aromatic nitrogens is 2. The highest BCUT2D eigenvalue weighted by Gasteiger charge is 2.22. The molecule has 2 aromatic rings. The number of aryl methyl sites for hydroxylation is 1. The predicted molar refractivity (Wildman–Crippen MR) is 84.4 cm³/mol. The van der Waals surface area contributed by atoms with Crippen molar-refractivity contribution >= 4 is 5.97 Å². The summed E-state index contributed by atoms with van der Waals surface area (Å²) in [6, 6.07) is 3.63. The van der Waals surface area contributed by atoms with Gasteiger partial charge in [-0.2, -0.15) is 5.10 Å². The number of methoxy groups -OCH3 is 3. The third kappa shape index (κ3) is 2.94. The van der Waals surface area contributed by atoms with Crippen molar-refractivity contribution in [2.24, 2.45) is 0 Å². The number of aliphatic carboxylic acids is 1. The Kier molecular flexibility index (Phi) is 4.78. The summed E-state index contributed by atoms with van der Waals surface area (Å²) in [5.41, 5.74) is 3.06. The van der Waals surface area contributed by atoms with Gasteiger partial charge in [-0.3, -0.25) is 9.48 Å². The van der Waals surface area contributed by atoms with E-state index in [0.29, 0.717) is 22.9 Å². The van der Waals surface area contributed by atoms with Gasteiger partial charge in [0.1, 0.15) is 6.54 Å². The Morgan fingerprint density at radius 3 is 2.30 bits per heavy atom. The Labute approximate surface area is 134 Å². The molecule has 0 saturated heterocycles. The van der Waals surface area contributed by atoms with Crippen molar-refractivity contribution in [3.05, 3.63) is 23.5 Å². The van der Waals surface area contributed by atoms with Crippen LogP contribution in [0.1, 0.15) is 11.4 Å². The van der Waals surface area contributed by atoms with E-state index < -0.39 is 5.97 Å². The van der Waals surface area contributed by atoms with Crippen LogP contribution >= 0.6 is 0 Å². The van der Waals surface area contributed by atoms with Gasteiger partial charge in [-0.05, 0) is 26.0 Å². The smallest absolute Gasteiger partial charge is 0.325 e. The zero-order chi connectivity index (χ0) is 17.1. The Hall–Kier alpha value is -2.70. The average Bonchev–Trinajstić information content (AvgIpc) is 2.79. The molecule has 0 bridgehead atoms. The molecule has 7 heteroatoms. The van der Waals surface area contributed by atoms with Gasteiger partial charge in [0.2, 0.25) is 5.75 Å². The van der Waals surface area contributed by atoms with E-state index in [4.69, 9.17) is 19.3 Å².